The van der Waals surface area contributed by atoms with Crippen LogP contribution >= 0.6 is 0 Å². The molecule has 0 aromatic heterocycles. The van der Waals surface area contributed by atoms with Crippen molar-refractivity contribution in [3.63, 3.8) is 0 Å². The van der Waals surface area contributed by atoms with Gasteiger partial charge < -0.3 is 5.32 Å². The summed E-state index contributed by atoms with van der Waals surface area (Å²) in [5.41, 5.74) is 6.17. The van der Waals surface area contributed by atoms with Crippen LogP contribution in [0.1, 0.15) is 18.1 Å². The van der Waals surface area contributed by atoms with Crippen LogP contribution in [0.25, 0.3) is 0 Å². The number of carbonyl (C=O) groups is 1. The van der Waals surface area contributed by atoms with E-state index in [2.05, 4.69) is 15.8 Å². The lowest BCUT2D eigenvalue weighted by atomic mass is 10.1. The second-order valence-corrected chi connectivity index (χ2v) is 6.89. The molecule has 1 amide bonds. The molecule has 3 rings (SSSR count). The highest BCUT2D eigenvalue weighted by atomic mass is 32.2. The van der Waals surface area contributed by atoms with E-state index in [0.717, 1.165) is 23.2 Å². The number of nitrogens with two attached hydrogens (primary N) is 1. The number of hydrazone groups is 1. The van der Waals surface area contributed by atoms with Gasteiger partial charge in [-0.05, 0) is 42.3 Å². The van der Waals surface area contributed by atoms with E-state index in [1.807, 2.05) is 25.1 Å². The van der Waals surface area contributed by atoms with Crippen LogP contribution in [0.3, 0.4) is 0 Å². The van der Waals surface area contributed by atoms with Crippen LogP contribution in [0, 0.1) is 0 Å². The van der Waals surface area contributed by atoms with Crippen molar-refractivity contribution in [1.82, 2.24) is 0 Å². The minimum Gasteiger partial charge on any atom is -0.320 e. The number of fused-ring (bicyclic) bond motifs is 1. The molecule has 0 fully saturated rings. The lowest BCUT2D eigenvalue weighted by molar-refractivity contribution is -0.110. The average Bonchev–Trinajstić information content (AvgIpc) is 2.86. The maximum atomic E-state index is 12.1. The van der Waals surface area contributed by atoms with Crippen molar-refractivity contribution in [2.75, 3.05) is 10.7 Å². The van der Waals surface area contributed by atoms with Gasteiger partial charge in [-0.3, -0.25) is 10.2 Å². The van der Waals surface area contributed by atoms with Crippen molar-refractivity contribution in [2.24, 2.45) is 10.2 Å². The topological polar surface area (TPSA) is 114 Å². The highest BCUT2D eigenvalue weighted by Gasteiger charge is 2.26. The lowest BCUT2D eigenvalue weighted by Crippen LogP contribution is -2.16. The van der Waals surface area contributed by atoms with Gasteiger partial charge in [0.2, 0.25) is 10.0 Å². The zero-order chi connectivity index (χ0) is 17.3. The molecule has 24 heavy (non-hydrogen) atoms. The van der Waals surface area contributed by atoms with Crippen LogP contribution in [0.4, 0.5) is 11.4 Å². The molecule has 0 unspecified atom stereocenters. The van der Waals surface area contributed by atoms with E-state index in [-0.39, 0.29) is 16.5 Å². The number of nitrogens with zero attached hydrogens (tertiary/aromatic N) is 1. The van der Waals surface area contributed by atoms with Crippen LogP contribution in [-0.2, 0) is 21.2 Å². The van der Waals surface area contributed by atoms with Crippen LogP contribution in [0.2, 0.25) is 0 Å². The molecule has 2 aromatic rings. The van der Waals surface area contributed by atoms with Gasteiger partial charge in [0.1, 0.15) is 0 Å². The molecule has 4 N–H and O–H groups in total. The summed E-state index contributed by atoms with van der Waals surface area (Å²) in [5.74, 6) is -0.285. The van der Waals surface area contributed by atoms with Gasteiger partial charge in [-0.2, -0.15) is 5.10 Å². The number of nitrogens with one attached hydrogen (secondary N) is 2. The highest BCUT2D eigenvalue weighted by molar-refractivity contribution is 7.89. The molecule has 2 aromatic carbocycles. The molecule has 124 valence electrons. The fourth-order valence-electron chi connectivity index (χ4n) is 2.38. The molecule has 7 nitrogen and oxygen atoms in total. The molecule has 0 saturated carbocycles. The summed E-state index contributed by atoms with van der Waals surface area (Å²) in [6, 6.07) is 11.5. The Morgan fingerprint density at radius 3 is 2.50 bits per heavy atom. The van der Waals surface area contributed by atoms with E-state index in [1.165, 1.54) is 24.3 Å². The van der Waals surface area contributed by atoms with E-state index < -0.39 is 10.0 Å². The van der Waals surface area contributed by atoms with Gasteiger partial charge in [-0.25, -0.2) is 13.6 Å². The van der Waals surface area contributed by atoms with Crippen molar-refractivity contribution in [2.45, 2.75) is 18.2 Å². The number of carbonyl (C=O) groups excluding carboxylic acids is 1. The minimum atomic E-state index is -3.73. The highest BCUT2D eigenvalue weighted by Crippen LogP contribution is 2.25. The Labute approximate surface area is 139 Å². The molecule has 1 aliphatic rings. The van der Waals surface area contributed by atoms with Crippen molar-refractivity contribution < 1.29 is 13.2 Å². The Kier molecular flexibility index (Phi) is 4.08. The summed E-state index contributed by atoms with van der Waals surface area (Å²) in [6.45, 7) is 2.04. The fourth-order valence-corrected chi connectivity index (χ4v) is 2.89. The number of hydrogen-bond acceptors (Lipinski definition) is 5. The van der Waals surface area contributed by atoms with E-state index in [0.29, 0.717) is 5.69 Å². The standard InChI is InChI=1S/C16H16N4O3S/c1-2-10-3-8-13-14(9-10)18-16(21)15(13)20-19-11-4-6-12(7-5-11)24(17,22)23/h3-9,19H,2H2,1H3,(H2,17,22,23)(H,18,20,21). The smallest absolute Gasteiger partial charge is 0.276 e. The summed E-state index contributed by atoms with van der Waals surface area (Å²) in [7, 11) is -3.73. The number of aryl methyl sites for hydroxylation is 1. The van der Waals surface area contributed by atoms with Crippen molar-refractivity contribution in [3.8, 4) is 0 Å². The van der Waals surface area contributed by atoms with Gasteiger partial charge in [0, 0.05) is 5.56 Å². The molecular formula is C16H16N4O3S. The first kappa shape index (κ1) is 16.2. The van der Waals surface area contributed by atoms with Crippen LogP contribution in [0.5, 0.6) is 0 Å². The van der Waals surface area contributed by atoms with Crippen LogP contribution in [-0.4, -0.2) is 20.0 Å². The molecule has 0 radical (unpaired) electrons. The number of sulfonamides is 1. The number of anilines is 2. The van der Waals surface area contributed by atoms with Crippen molar-refractivity contribution in [1.29, 1.82) is 0 Å². The normalized spacial score (nSPS) is 15.2. The third kappa shape index (κ3) is 3.15. The molecule has 8 heteroatoms. The predicted octanol–water partition coefficient (Wildman–Crippen LogP) is 1.66. The Morgan fingerprint density at radius 2 is 1.88 bits per heavy atom. The molecule has 0 spiro atoms. The first-order chi connectivity index (χ1) is 11.4. The maximum Gasteiger partial charge on any atom is 0.276 e. The molecular weight excluding hydrogens is 328 g/mol. The summed E-state index contributed by atoms with van der Waals surface area (Å²) >= 11 is 0. The SMILES string of the molecule is CCc1ccc2c(c1)NC(=O)/C2=N\Nc1ccc(S(N)(=O)=O)cc1. The quantitative estimate of drug-likeness (QED) is 0.732. The Balaban J connectivity index is 1.84. The first-order valence-electron chi connectivity index (χ1n) is 7.29. The van der Waals surface area contributed by atoms with E-state index in [9.17, 15) is 13.2 Å². The fraction of sp³-hybridized carbons (Fsp3) is 0.125. The van der Waals surface area contributed by atoms with Crippen LogP contribution in [0.15, 0.2) is 52.5 Å². The lowest BCUT2D eigenvalue weighted by Gasteiger charge is -2.04. The zero-order valence-corrected chi connectivity index (χ0v) is 13.7. The average molecular weight is 344 g/mol. The number of rotatable bonds is 4. The monoisotopic (exact) mass is 344 g/mol. The third-order valence-corrected chi connectivity index (χ3v) is 4.62. The molecule has 1 aliphatic heterocycles. The Bertz CT molecular complexity index is 934. The van der Waals surface area contributed by atoms with Gasteiger partial charge in [0.25, 0.3) is 5.91 Å². The second kappa shape index (κ2) is 6.06. The van der Waals surface area contributed by atoms with Gasteiger partial charge in [0.15, 0.2) is 5.71 Å². The molecule has 0 bridgehead atoms. The van der Waals surface area contributed by atoms with E-state index in [1.54, 1.807) is 0 Å². The molecule has 0 atom stereocenters. The second-order valence-electron chi connectivity index (χ2n) is 5.33. The molecule has 0 aliphatic carbocycles. The minimum absolute atomic E-state index is 0.0109. The first-order valence-corrected chi connectivity index (χ1v) is 8.84. The summed E-state index contributed by atoms with van der Waals surface area (Å²) in [4.78, 5) is 12.1. The predicted molar refractivity (Wildman–Crippen MR) is 92.4 cm³/mol. The Morgan fingerprint density at radius 1 is 1.17 bits per heavy atom. The van der Waals surface area contributed by atoms with Gasteiger partial charge >= 0.3 is 0 Å². The van der Waals surface area contributed by atoms with Crippen LogP contribution < -0.4 is 15.9 Å². The maximum absolute atomic E-state index is 12.1. The molecule has 0 saturated heterocycles. The van der Waals surface area contributed by atoms with Crippen molar-refractivity contribution in [3.05, 3.63) is 53.6 Å². The van der Waals surface area contributed by atoms with Gasteiger partial charge in [0.05, 0.1) is 16.3 Å². The third-order valence-electron chi connectivity index (χ3n) is 3.69. The number of hydrogen-bond donors (Lipinski definition) is 3. The Hall–Kier alpha value is -2.71. The summed E-state index contributed by atoms with van der Waals surface area (Å²) in [5, 5.41) is 12.0. The number of benzene rings is 2. The summed E-state index contributed by atoms with van der Waals surface area (Å²) in [6.07, 6.45) is 0.879. The summed E-state index contributed by atoms with van der Waals surface area (Å²) < 4.78 is 22.4. The molecule has 1 heterocycles. The largest absolute Gasteiger partial charge is 0.320 e. The zero-order valence-electron chi connectivity index (χ0n) is 12.9. The number of amides is 1. The number of primary sulfonamides is 1. The van der Waals surface area contributed by atoms with E-state index >= 15 is 0 Å². The van der Waals surface area contributed by atoms with Gasteiger partial charge in [-0.15, -0.1) is 0 Å². The van der Waals surface area contributed by atoms with Crippen molar-refractivity contribution >= 4 is 33.0 Å². The van der Waals surface area contributed by atoms with Gasteiger partial charge in [-0.1, -0.05) is 19.1 Å². The van der Waals surface area contributed by atoms with E-state index in [4.69, 9.17) is 5.14 Å².